The molecule has 148 valence electrons. The molecular formula is C20H21Cl2N3O2S. The number of ether oxygens (including phenoxy) is 1. The molecule has 0 saturated carbocycles. The number of methoxy groups -OCH3 is 1. The van der Waals surface area contributed by atoms with Gasteiger partial charge in [0.2, 0.25) is 0 Å². The van der Waals surface area contributed by atoms with Crippen molar-refractivity contribution in [2.45, 2.75) is 6.42 Å². The van der Waals surface area contributed by atoms with Crippen molar-refractivity contribution in [3.8, 4) is 5.75 Å². The highest BCUT2D eigenvalue weighted by molar-refractivity contribution is 7.22. The summed E-state index contributed by atoms with van der Waals surface area (Å²) in [6.45, 7) is 1.37. The number of amides is 1. The van der Waals surface area contributed by atoms with Crippen LogP contribution in [-0.4, -0.2) is 50.1 Å². The highest BCUT2D eigenvalue weighted by atomic mass is 35.5. The summed E-state index contributed by atoms with van der Waals surface area (Å²) in [7, 11) is 5.54. The van der Waals surface area contributed by atoms with Gasteiger partial charge >= 0.3 is 0 Å². The Morgan fingerprint density at radius 3 is 2.64 bits per heavy atom. The van der Waals surface area contributed by atoms with Gasteiger partial charge in [0.05, 0.1) is 22.4 Å². The monoisotopic (exact) mass is 437 g/mol. The molecule has 0 unspecified atom stereocenters. The second-order valence-electron chi connectivity index (χ2n) is 6.54. The first-order valence-corrected chi connectivity index (χ1v) is 10.3. The Balaban J connectivity index is 2.02. The number of nitrogens with zero attached hydrogens (tertiary/aromatic N) is 3. The molecule has 0 bridgehead atoms. The number of carbonyl (C=O) groups is 1. The number of carbonyl (C=O) groups excluding carboxylic acids is 1. The molecule has 1 aromatic heterocycles. The van der Waals surface area contributed by atoms with Gasteiger partial charge in [-0.3, -0.25) is 9.69 Å². The number of thiazole rings is 1. The van der Waals surface area contributed by atoms with E-state index in [-0.39, 0.29) is 5.91 Å². The number of hydrogen-bond acceptors (Lipinski definition) is 5. The van der Waals surface area contributed by atoms with Gasteiger partial charge < -0.3 is 9.64 Å². The molecular weight excluding hydrogens is 417 g/mol. The van der Waals surface area contributed by atoms with Crippen LogP contribution in [0.25, 0.3) is 10.2 Å². The molecule has 0 spiro atoms. The molecule has 3 aromatic rings. The number of fused-ring (bicyclic) bond motifs is 1. The first-order valence-electron chi connectivity index (χ1n) is 8.76. The fourth-order valence-corrected chi connectivity index (χ4v) is 4.30. The van der Waals surface area contributed by atoms with Gasteiger partial charge in [0.1, 0.15) is 11.3 Å². The van der Waals surface area contributed by atoms with Gasteiger partial charge in [-0.15, -0.1) is 0 Å². The first-order chi connectivity index (χ1) is 13.4. The number of benzene rings is 2. The van der Waals surface area contributed by atoms with Crippen LogP contribution in [0.1, 0.15) is 16.8 Å². The molecule has 0 aliphatic carbocycles. The Kier molecular flexibility index (Phi) is 6.78. The smallest absolute Gasteiger partial charge is 0.263 e. The van der Waals surface area contributed by atoms with Gasteiger partial charge in [-0.1, -0.05) is 40.6 Å². The predicted octanol–water partition coefficient (Wildman–Crippen LogP) is 5.21. The van der Waals surface area contributed by atoms with Gasteiger partial charge in [-0.25, -0.2) is 4.98 Å². The predicted molar refractivity (Wildman–Crippen MR) is 117 cm³/mol. The maximum absolute atomic E-state index is 13.4. The molecule has 1 amide bonds. The molecule has 0 fully saturated rings. The molecule has 28 heavy (non-hydrogen) atoms. The standard InChI is InChI=1S/C20H21Cl2N3O2S/c1-24(2)10-5-11-25(19(26)14-12-13(21)8-9-16(14)27-3)20-23-18-15(22)6-4-7-17(18)28-20/h4,6-9,12H,5,10-11H2,1-3H3. The van der Waals surface area contributed by atoms with Crippen LogP contribution in [0.15, 0.2) is 36.4 Å². The summed E-state index contributed by atoms with van der Waals surface area (Å²) < 4.78 is 6.31. The van der Waals surface area contributed by atoms with Crippen molar-refractivity contribution < 1.29 is 9.53 Å². The lowest BCUT2D eigenvalue weighted by Gasteiger charge is -2.22. The molecule has 2 aromatic carbocycles. The second-order valence-corrected chi connectivity index (χ2v) is 8.39. The fraction of sp³-hybridized carbons (Fsp3) is 0.300. The van der Waals surface area contributed by atoms with Crippen LogP contribution in [-0.2, 0) is 0 Å². The summed E-state index contributed by atoms with van der Waals surface area (Å²) in [6.07, 6.45) is 0.797. The number of rotatable bonds is 7. The minimum Gasteiger partial charge on any atom is -0.496 e. The van der Waals surface area contributed by atoms with Crippen LogP contribution in [0.3, 0.4) is 0 Å². The van der Waals surface area contributed by atoms with Crippen molar-refractivity contribution >= 4 is 55.8 Å². The lowest BCUT2D eigenvalue weighted by Crippen LogP contribution is -2.33. The highest BCUT2D eigenvalue weighted by Crippen LogP contribution is 2.34. The van der Waals surface area contributed by atoms with Crippen LogP contribution in [0.2, 0.25) is 10.0 Å². The van der Waals surface area contributed by atoms with Crippen molar-refractivity contribution in [3.63, 3.8) is 0 Å². The number of aromatic nitrogens is 1. The zero-order valence-electron chi connectivity index (χ0n) is 15.9. The number of halogens is 2. The summed E-state index contributed by atoms with van der Waals surface area (Å²) in [5.41, 5.74) is 1.11. The van der Waals surface area contributed by atoms with Crippen LogP contribution in [0.5, 0.6) is 5.75 Å². The first kappa shape index (κ1) is 20.9. The van der Waals surface area contributed by atoms with E-state index in [9.17, 15) is 4.79 Å². The SMILES string of the molecule is COc1ccc(Cl)cc1C(=O)N(CCCN(C)C)c1nc2c(Cl)cccc2s1. The van der Waals surface area contributed by atoms with Crippen molar-refractivity contribution in [1.82, 2.24) is 9.88 Å². The summed E-state index contributed by atoms with van der Waals surface area (Å²) in [4.78, 5) is 21.8. The van der Waals surface area contributed by atoms with E-state index in [1.165, 1.54) is 18.4 Å². The largest absolute Gasteiger partial charge is 0.496 e. The highest BCUT2D eigenvalue weighted by Gasteiger charge is 2.24. The zero-order valence-corrected chi connectivity index (χ0v) is 18.2. The minimum absolute atomic E-state index is 0.201. The Bertz CT molecular complexity index is 991. The van der Waals surface area contributed by atoms with E-state index >= 15 is 0 Å². The van der Waals surface area contributed by atoms with Crippen molar-refractivity contribution in [3.05, 3.63) is 52.0 Å². The number of hydrogen-bond donors (Lipinski definition) is 0. The molecule has 0 aliphatic heterocycles. The molecule has 0 N–H and O–H groups in total. The van der Waals surface area contributed by atoms with E-state index < -0.39 is 0 Å². The van der Waals surface area contributed by atoms with Crippen molar-refractivity contribution in [1.29, 1.82) is 0 Å². The molecule has 0 saturated heterocycles. The van der Waals surface area contributed by atoms with E-state index in [1.807, 2.05) is 26.2 Å². The van der Waals surface area contributed by atoms with E-state index in [1.54, 1.807) is 29.2 Å². The van der Waals surface area contributed by atoms with E-state index in [0.717, 1.165) is 17.7 Å². The Hall–Kier alpha value is -1.86. The van der Waals surface area contributed by atoms with E-state index in [0.29, 0.717) is 38.6 Å². The Labute approximate surface area is 178 Å². The number of anilines is 1. The molecule has 5 nitrogen and oxygen atoms in total. The maximum atomic E-state index is 13.4. The quantitative estimate of drug-likeness (QED) is 0.508. The third-order valence-corrected chi connectivity index (χ3v) is 5.80. The summed E-state index contributed by atoms with van der Waals surface area (Å²) in [5.74, 6) is 0.277. The normalized spacial score (nSPS) is 11.2. The number of para-hydroxylation sites is 1. The third-order valence-electron chi connectivity index (χ3n) is 4.21. The van der Waals surface area contributed by atoms with Gasteiger partial charge in [0.15, 0.2) is 5.13 Å². The minimum atomic E-state index is -0.201. The van der Waals surface area contributed by atoms with E-state index in [4.69, 9.17) is 27.9 Å². The van der Waals surface area contributed by atoms with E-state index in [2.05, 4.69) is 9.88 Å². The summed E-state index contributed by atoms with van der Waals surface area (Å²) >= 11 is 13.9. The maximum Gasteiger partial charge on any atom is 0.263 e. The zero-order chi connectivity index (χ0) is 20.3. The fourth-order valence-electron chi connectivity index (χ4n) is 2.84. The van der Waals surface area contributed by atoms with Crippen molar-refractivity contribution in [2.24, 2.45) is 0 Å². The molecule has 1 heterocycles. The Morgan fingerprint density at radius 2 is 1.96 bits per heavy atom. The third kappa shape index (κ3) is 4.58. The van der Waals surface area contributed by atoms with Gasteiger partial charge in [-0.2, -0.15) is 0 Å². The molecule has 0 aliphatic rings. The topological polar surface area (TPSA) is 45.7 Å². The van der Waals surface area contributed by atoms with Gasteiger partial charge in [0.25, 0.3) is 5.91 Å². The van der Waals surface area contributed by atoms with Gasteiger partial charge in [0, 0.05) is 11.6 Å². The van der Waals surface area contributed by atoms with Crippen LogP contribution in [0.4, 0.5) is 5.13 Å². The van der Waals surface area contributed by atoms with Crippen LogP contribution >= 0.6 is 34.5 Å². The average Bonchev–Trinajstić information content (AvgIpc) is 3.10. The van der Waals surface area contributed by atoms with Crippen LogP contribution < -0.4 is 9.64 Å². The summed E-state index contributed by atoms with van der Waals surface area (Å²) in [5, 5.41) is 1.65. The van der Waals surface area contributed by atoms with Crippen molar-refractivity contribution in [2.75, 3.05) is 39.2 Å². The molecule has 3 rings (SSSR count). The lowest BCUT2D eigenvalue weighted by atomic mass is 10.1. The summed E-state index contributed by atoms with van der Waals surface area (Å²) in [6, 6.07) is 10.6. The lowest BCUT2D eigenvalue weighted by molar-refractivity contribution is 0.0983. The van der Waals surface area contributed by atoms with Gasteiger partial charge in [-0.05, 0) is 57.4 Å². The Morgan fingerprint density at radius 1 is 1.18 bits per heavy atom. The molecule has 0 atom stereocenters. The molecule has 8 heteroatoms. The second kappa shape index (κ2) is 9.09. The molecule has 0 radical (unpaired) electrons. The van der Waals surface area contributed by atoms with Crippen LogP contribution in [0, 0.1) is 0 Å². The average molecular weight is 438 g/mol.